The number of rotatable bonds is 4. The first-order valence-corrected chi connectivity index (χ1v) is 7.88. The summed E-state index contributed by atoms with van der Waals surface area (Å²) in [4.78, 5) is 0. The van der Waals surface area contributed by atoms with Crippen LogP contribution in [0.4, 0.5) is 0 Å². The van der Waals surface area contributed by atoms with E-state index >= 15 is 0 Å². The van der Waals surface area contributed by atoms with E-state index in [9.17, 15) is 0 Å². The monoisotopic (exact) mass is 181 g/mol. The van der Waals surface area contributed by atoms with E-state index in [1.54, 1.807) is 0 Å². The largest absolute Gasteiger partial charge is 0.417 e. The van der Waals surface area contributed by atoms with Gasteiger partial charge >= 0.3 is 0 Å². The quantitative estimate of drug-likeness (QED) is 0.606. The van der Waals surface area contributed by atoms with Gasteiger partial charge in [0.1, 0.15) is 0 Å². The van der Waals surface area contributed by atoms with Crippen LogP contribution < -0.4 is 0 Å². The van der Waals surface area contributed by atoms with Crippen LogP contribution in [0.3, 0.4) is 0 Å². The normalized spacial score (nSPS) is 16.8. The Morgan fingerprint density at radius 2 is 2.25 bits per heavy atom. The van der Waals surface area contributed by atoms with E-state index in [0.29, 0.717) is 0 Å². The molecule has 0 aliphatic heterocycles. The molecule has 0 saturated heterocycles. The molecule has 0 fully saturated rings. The van der Waals surface area contributed by atoms with Crippen molar-refractivity contribution in [1.82, 2.24) is 0 Å². The molecule has 67 valence electrons. The van der Waals surface area contributed by atoms with Crippen molar-refractivity contribution in [2.24, 2.45) is 0 Å². The zero-order valence-electron chi connectivity index (χ0n) is 8.18. The molecule has 0 amide bonds. The molecular formula is C10H17OSi. The minimum Gasteiger partial charge on any atom is -0.417 e. The highest BCUT2D eigenvalue weighted by molar-refractivity contribution is 6.69. The number of allylic oxidation sites excluding steroid dienone is 3. The van der Waals surface area contributed by atoms with Crippen molar-refractivity contribution in [2.45, 2.75) is 32.5 Å². The van der Waals surface area contributed by atoms with Crippen molar-refractivity contribution in [3.63, 3.8) is 0 Å². The molecule has 1 rings (SSSR count). The summed E-state index contributed by atoms with van der Waals surface area (Å²) in [5.41, 5.74) is 1.38. The lowest BCUT2D eigenvalue weighted by Crippen LogP contribution is -2.25. The number of hydrogen-bond donors (Lipinski definition) is 0. The van der Waals surface area contributed by atoms with Crippen LogP contribution >= 0.6 is 0 Å². The van der Waals surface area contributed by atoms with Crippen LogP contribution in [0.15, 0.2) is 17.7 Å². The zero-order valence-corrected chi connectivity index (χ0v) is 9.18. The molecule has 0 aromatic heterocycles. The molecule has 0 saturated carbocycles. The standard InChI is InChI=1S/C10H17OSi/c1-12(2,3)11-9-8-10-6-4-5-7-10/h6-7H,4,8-9H2,1-3H3. The Hall–Kier alpha value is -0.343. The van der Waals surface area contributed by atoms with Crippen LogP contribution in [0.2, 0.25) is 19.6 Å². The Labute approximate surface area is 76.3 Å². The van der Waals surface area contributed by atoms with Gasteiger partial charge in [0.05, 0.1) is 0 Å². The molecule has 0 aromatic carbocycles. The maximum atomic E-state index is 5.74. The van der Waals surface area contributed by atoms with Gasteiger partial charge in [0.2, 0.25) is 0 Å². The van der Waals surface area contributed by atoms with E-state index in [1.165, 1.54) is 5.57 Å². The predicted octanol–water partition coefficient (Wildman–Crippen LogP) is 2.92. The van der Waals surface area contributed by atoms with Crippen LogP contribution in [0.1, 0.15) is 12.8 Å². The molecule has 0 atom stereocenters. The zero-order chi connectivity index (χ0) is 9.03. The summed E-state index contributed by atoms with van der Waals surface area (Å²) < 4.78 is 5.74. The van der Waals surface area contributed by atoms with Crippen LogP contribution in [0.5, 0.6) is 0 Å². The van der Waals surface area contributed by atoms with Gasteiger partial charge in [0.15, 0.2) is 8.32 Å². The fourth-order valence-electron chi connectivity index (χ4n) is 1.09. The predicted molar refractivity (Wildman–Crippen MR) is 54.4 cm³/mol. The summed E-state index contributed by atoms with van der Waals surface area (Å²) >= 11 is 0. The first-order valence-electron chi connectivity index (χ1n) is 4.47. The van der Waals surface area contributed by atoms with Crippen LogP contribution in [-0.4, -0.2) is 14.9 Å². The highest BCUT2D eigenvalue weighted by atomic mass is 28.4. The average molecular weight is 181 g/mol. The Morgan fingerprint density at radius 3 is 2.75 bits per heavy atom. The second-order valence-electron chi connectivity index (χ2n) is 4.04. The SMILES string of the molecule is C[Si](C)(C)OCCC1=CC[C]=C1. The van der Waals surface area contributed by atoms with Gasteiger partial charge < -0.3 is 4.43 Å². The van der Waals surface area contributed by atoms with E-state index < -0.39 is 8.32 Å². The van der Waals surface area contributed by atoms with Gasteiger partial charge in [-0.15, -0.1) is 0 Å². The molecule has 2 heteroatoms. The summed E-state index contributed by atoms with van der Waals surface area (Å²) in [6.07, 6.45) is 9.49. The maximum absolute atomic E-state index is 5.74. The van der Waals surface area contributed by atoms with Gasteiger partial charge in [0.25, 0.3) is 0 Å². The number of hydrogen-bond acceptors (Lipinski definition) is 1. The van der Waals surface area contributed by atoms with Crippen molar-refractivity contribution in [3.8, 4) is 0 Å². The summed E-state index contributed by atoms with van der Waals surface area (Å²) in [6, 6.07) is 0. The highest BCUT2D eigenvalue weighted by Crippen LogP contribution is 2.13. The van der Waals surface area contributed by atoms with Gasteiger partial charge in [-0.05, 0) is 44.1 Å². The lowest BCUT2D eigenvalue weighted by Gasteiger charge is -2.16. The van der Waals surface area contributed by atoms with Gasteiger partial charge in [-0.1, -0.05) is 12.2 Å². The molecule has 1 radical (unpaired) electrons. The van der Waals surface area contributed by atoms with Crippen LogP contribution in [0.25, 0.3) is 0 Å². The molecule has 0 unspecified atom stereocenters. The molecule has 1 aliphatic carbocycles. The van der Waals surface area contributed by atoms with Crippen molar-refractivity contribution in [1.29, 1.82) is 0 Å². The first kappa shape index (κ1) is 9.74. The van der Waals surface area contributed by atoms with Gasteiger partial charge in [0, 0.05) is 6.61 Å². The summed E-state index contributed by atoms with van der Waals surface area (Å²) in [7, 11) is -1.29. The Morgan fingerprint density at radius 1 is 1.50 bits per heavy atom. The molecular weight excluding hydrogens is 164 g/mol. The van der Waals surface area contributed by atoms with Crippen LogP contribution in [-0.2, 0) is 4.43 Å². The van der Waals surface area contributed by atoms with E-state index in [2.05, 4.69) is 37.9 Å². The summed E-state index contributed by atoms with van der Waals surface area (Å²) in [5, 5.41) is 0. The van der Waals surface area contributed by atoms with Gasteiger partial charge in [-0.2, -0.15) is 0 Å². The van der Waals surface area contributed by atoms with Crippen molar-refractivity contribution in [2.75, 3.05) is 6.61 Å². The molecule has 0 N–H and O–H groups in total. The third-order valence-electron chi connectivity index (χ3n) is 1.70. The van der Waals surface area contributed by atoms with Crippen LogP contribution in [0, 0.1) is 6.08 Å². The van der Waals surface area contributed by atoms with E-state index in [-0.39, 0.29) is 0 Å². The maximum Gasteiger partial charge on any atom is 0.183 e. The highest BCUT2D eigenvalue weighted by Gasteiger charge is 2.13. The fraction of sp³-hybridized carbons (Fsp3) is 0.600. The minimum atomic E-state index is -1.29. The average Bonchev–Trinajstić information content (AvgIpc) is 2.36. The minimum absolute atomic E-state index is 0.875. The van der Waals surface area contributed by atoms with Crippen molar-refractivity contribution >= 4 is 8.32 Å². The van der Waals surface area contributed by atoms with Gasteiger partial charge in [-0.25, -0.2) is 0 Å². The van der Waals surface area contributed by atoms with Crippen molar-refractivity contribution < 1.29 is 4.43 Å². The topological polar surface area (TPSA) is 9.23 Å². The van der Waals surface area contributed by atoms with E-state index in [0.717, 1.165) is 19.4 Å². The first-order chi connectivity index (χ1) is 5.58. The smallest absolute Gasteiger partial charge is 0.183 e. The van der Waals surface area contributed by atoms with Crippen molar-refractivity contribution in [3.05, 3.63) is 23.8 Å². The molecule has 0 aromatic rings. The third-order valence-corrected chi connectivity index (χ3v) is 2.77. The Kier molecular flexibility index (Phi) is 3.29. The molecule has 12 heavy (non-hydrogen) atoms. The molecule has 0 spiro atoms. The molecule has 0 heterocycles. The Balaban J connectivity index is 2.14. The van der Waals surface area contributed by atoms with Gasteiger partial charge in [-0.3, -0.25) is 0 Å². The van der Waals surface area contributed by atoms with E-state index in [4.69, 9.17) is 4.43 Å². The lowest BCUT2D eigenvalue weighted by atomic mass is 10.2. The second-order valence-corrected chi connectivity index (χ2v) is 8.56. The summed E-state index contributed by atoms with van der Waals surface area (Å²) in [6.45, 7) is 7.54. The second kappa shape index (κ2) is 4.05. The van der Waals surface area contributed by atoms with E-state index in [1.807, 2.05) is 0 Å². The lowest BCUT2D eigenvalue weighted by molar-refractivity contribution is 0.316. The molecule has 1 aliphatic rings. The molecule has 1 nitrogen and oxygen atoms in total. The summed E-state index contributed by atoms with van der Waals surface area (Å²) in [5.74, 6) is 0. The Bertz CT molecular complexity index is 198. The fourth-order valence-corrected chi connectivity index (χ4v) is 1.80. The third kappa shape index (κ3) is 3.88. The molecule has 0 bridgehead atoms.